The van der Waals surface area contributed by atoms with Gasteiger partial charge in [0.25, 0.3) is 0 Å². The van der Waals surface area contributed by atoms with Gasteiger partial charge in [0.2, 0.25) is 11.8 Å². The molecule has 0 atom stereocenters. The van der Waals surface area contributed by atoms with Crippen LogP contribution in [0.1, 0.15) is 26.3 Å². The lowest BCUT2D eigenvalue weighted by atomic mass is 10.2. The molecular formula is C14H19FN2O2. The Labute approximate surface area is 112 Å². The van der Waals surface area contributed by atoms with Gasteiger partial charge in [-0.25, -0.2) is 4.39 Å². The highest BCUT2D eigenvalue weighted by molar-refractivity contribution is 5.83. The van der Waals surface area contributed by atoms with Crippen LogP contribution in [0.5, 0.6) is 0 Å². The van der Waals surface area contributed by atoms with Crippen LogP contribution in [-0.4, -0.2) is 29.3 Å². The van der Waals surface area contributed by atoms with Gasteiger partial charge < -0.3 is 10.2 Å². The molecule has 2 amide bonds. The van der Waals surface area contributed by atoms with Crippen molar-refractivity contribution < 1.29 is 14.0 Å². The largest absolute Gasteiger partial charge is 0.350 e. The van der Waals surface area contributed by atoms with E-state index in [1.807, 2.05) is 13.8 Å². The topological polar surface area (TPSA) is 49.4 Å². The first-order valence-electron chi connectivity index (χ1n) is 6.19. The number of nitrogens with zero attached hydrogens (tertiary/aromatic N) is 1. The predicted molar refractivity (Wildman–Crippen MR) is 70.8 cm³/mol. The molecule has 1 rings (SSSR count). The number of carbonyl (C=O) groups is 2. The predicted octanol–water partition coefficient (Wildman–Crippen LogP) is 1.70. The van der Waals surface area contributed by atoms with Gasteiger partial charge in [0.15, 0.2) is 0 Å². The summed E-state index contributed by atoms with van der Waals surface area (Å²) in [7, 11) is 0. The summed E-state index contributed by atoms with van der Waals surface area (Å²) in [6.07, 6.45) is 0. The van der Waals surface area contributed by atoms with Crippen LogP contribution in [0.4, 0.5) is 4.39 Å². The second kappa shape index (κ2) is 6.87. The molecule has 0 bridgehead atoms. The third-order valence-electron chi connectivity index (χ3n) is 2.78. The third-order valence-corrected chi connectivity index (χ3v) is 2.78. The Hall–Kier alpha value is -1.91. The summed E-state index contributed by atoms with van der Waals surface area (Å²) >= 11 is 0. The van der Waals surface area contributed by atoms with Gasteiger partial charge in [0, 0.05) is 25.1 Å². The standard InChI is InChI=1S/C14H19FN2O2/c1-10(2)17(11(3)18)9-14(19)16-8-12-6-4-5-7-13(12)15/h4-7,10H,8-9H2,1-3H3,(H,16,19). The van der Waals surface area contributed by atoms with E-state index >= 15 is 0 Å². The number of amides is 2. The summed E-state index contributed by atoms with van der Waals surface area (Å²) in [5, 5.41) is 2.61. The highest BCUT2D eigenvalue weighted by Crippen LogP contribution is 2.05. The number of hydrogen-bond donors (Lipinski definition) is 1. The Morgan fingerprint density at radius 3 is 2.47 bits per heavy atom. The number of nitrogens with one attached hydrogen (secondary N) is 1. The van der Waals surface area contributed by atoms with E-state index in [0.717, 1.165) is 0 Å². The van der Waals surface area contributed by atoms with E-state index in [2.05, 4.69) is 5.32 Å². The van der Waals surface area contributed by atoms with Crippen molar-refractivity contribution in [2.75, 3.05) is 6.54 Å². The molecule has 0 spiro atoms. The first-order chi connectivity index (χ1) is 8.91. The molecule has 104 valence electrons. The SMILES string of the molecule is CC(=O)N(CC(=O)NCc1ccccc1F)C(C)C. The Balaban J connectivity index is 2.52. The van der Waals surface area contributed by atoms with E-state index in [9.17, 15) is 14.0 Å². The molecule has 19 heavy (non-hydrogen) atoms. The van der Waals surface area contributed by atoms with Crippen LogP contribution in [0.15, 0.2) is 24.3 Å². The van der Waals surface area contributed by atoms with Crippen molar-refractivity contribution in [3.05, 3.63) is 35.6 Å². The highest BCUT2D eigenvalue weighted by atomic mass is 19.1. The van der Waals surface area contributed by atoms with Crippen LogP contribution in [0, 0.1) is 5.82 Å². The number of carbonyl (C=O) groups excluding carboxylic acids is 2. The summed E-state index contributed by atoms with van der Waals surface area (Å²) in [5.41, 5.74) is 0.426. The van der Waals surface area contributed by atoms with Crippen LogP contribution in [0.25, 0.3) is 0 Å². The van der Waals surface area contributed by atoms with E-state index in [1.54, 1.807) is 18.2 Å². The summed E-state index contributed by atoms with van der Waals surface area (Å²) in [5.74, 6) is -0.807. The smallest absolute Gasteiger partial charge is 0.239 e. The van der Waals surface area contributed by atoms with E-state index < -0.39 is 0 Å². The molecule has 1 aromatic rings. The lowest BCUT2D eigenvalue weighted by molar-refractivity contribution is -0.136. The van der Waals surface area contributed by atoms with Crippen molar-refractivity contribution in [1.29, 1.82) is 0 Å². The fraction of sp³-hybridized carbons (Fsp3) is 0.429. The molecule has 0 saturated carbocycles. The zero-order valence-electron chi connectivity index (χ0n) is 11.4. The molecule has 0 aliphatic carbocycles. The minimum Gasteiger partial charge on any atom is -0.350 e. The Morgan fingerprint density at radius 1 is 1.32 bits per heavy atom. The van der Waals surface area contributed by atoms with Crippen LogP contribution in [0.3, 0.4) is 0 Å². The first kappa shape index (κ1) is 15.1. The molecule has 1 N–H and O–H groups in total. The molecule has 0 unspecified atom stereocenters. The third kappa shape index (κ3) is 4.69. The Kier molecular flexibility index (Phi) is 5.48. The lowest BCUT2D eigenvalue weighted by Crippen LogP contribution is -2.43. The van der Waals surface area contributed by atoms with Crippen LogP contribution >= 0.6 is 0 Å². The molecule has 5 heteroatoms. The fourth-order valence-electron chi connectivity index (χ4n) is 1.70. The summed E-state index contributed by atoms with van der Waals surface area (Å²) in [4.78, 5) is 24.5. The van der Waals surface area contributed by atoms with Crippen LogP contribution in [0.2, 0.25) is 0 Å². The van der Waals surface area contributed by atoms with Gasteiger partial charge in [-0.3, -0.25) is 9.59 Å². The van der Waals surface area contributed by atoms with Gasteiger partial charge in [0.05, 0.1) is 6.54 Å². The maximum Gasteiger partial charge on any atom is 0.239 e. The molecule has 0 radical (unpaired) electrons. The van der Waals surface area contributed by atoms with Gasteiger partial charge in [0.1, 0.15) is 5.82 Å². The first-order valence-corrected chi connectivity index (χ1v) is 6.19. The molecular weight excluding hydrogens is 247 g/mol. The Bertz CT molecular complexity index is 461. The molecule has 1 aromatic carbocycles. The minimum absolute atomic E-state index is 0.0124. The van der Waals surface area contributed by atoms with Gasteiger partial charge >= 0.3 is 0 Å². The van der Waals surface area contributed by atoms with E-state index in [1.165, 1.54) is 17.9 Å². The quantitative estimate of drug-likeness (QED) is 0.882. The summed E-state index contributed by atoms with van der Waals surface area (Å²) < 4.78 is 13.3. The number of hydrogen-bond acceptors (Lipinski definition) is 2. The zero-order chi connectivity index (χ0) is 14.4. The Morgan fingerprint density at radius 2 is 1.95 bits per heavy atom. The van der Waals surface area contributed by atoms with Crippen molar-refractivity contribution in [3.63, 3.8) is 0 Å². The van der Waals surface area contributed by atoms with Gasteiger partial charge in [-0.15, -0.1) is 0 Å². The summed E-state index contributed by atoms with van der Waals surface area (Å²) in [6.45, 7) is 5.21. The average molecular weight is 266 g/mol. The normalized spacial score (nSPS) is 10.4. The fourth-order valence-corrected chi connectivity index (χ4v) is 1.70. The number of rotatable bonds is 5. The molecule has 0 aromatic heterocycles. The van der Waals surface area contributed by atoms with E-state index in [4.69, 9.17) is 0 Å². The number of benzene rings is 1. The van der Waals surface area contributed by atoms with Crippen molar-refractivity contribution >= 4 is 11.8 Å². The number of halogens is 1. The van der Waals surface area contributed by atoms with Crippen molar-refractivity contribution in [2.45, 2.75) is 33.4 Å². The molecule has 0 aliphatic rings. The summed E-state index contributed by atoms with van der Waals surface area (Å²) in [6, 6.07) is 6.21. The van der Waals surface area contributed by atoms with Crippen molar-refractivity contribution in [3.8, 4) is 0 Å². The monoisotopic (exact) mass is 266 g/mol. The van der Waals surface area contributed by atoms with Crippen molar-refractivity contribution in [2.24, 2.45) is 0 Å². The van der Waals surface area contributed by atoms with Gasteiger partial charge in [-0.1, -0.05) is 18.2 Å². The van der Waals surface area contributed by atoms with Gasteiger partial charge in [-0.2, -0.15) is 0 Å². The minimum atomic E-state index is -0.352. The van der Waals surface area contributed by atoms with Gasteiger partial charge in [-0.05, 0) is 19.9 Å². The lowest BCUT2D eigenvalue weighted by Gasteiger charge is -2.24. The second-order valence-electron chi connectivity index (χ2n) is 4.61. The highest BCUT2D eigenvalue weighted by Gasteiger charge is 2.16. The molecule has 4 nitrogen and oxygen atoms in total. The van der Waals surface area contributed by atoms with Crippen LogP contribution < -0.4 is 5.32 Å². The van der Waals surface area contributed by atoms with Crippen molar-refractivity contribution in [1.82, 2.24) is 10.2 Å². The van der Waals surface area contributed by atoms with E-state index in [-0.39, 0.29) is 36.8 Å². The van der Waals surface area contributed by atoms with Crippen LogP contribution in [-0.2, 0) is 16.1 Å². The molecule has 0 fully saturated rings. The zero-order valence-corrected chi connectivity index (χ0v) is 11.4. The second-order valence-corrected chi connectivity index (χ2v) is 4.61. The van der Waals surface area contributed by atoms with E-state index in [0.29, 0.717) is 5.56 Å². The molecule has 0 saturated heterocycles. The maximum absolute atomic E-state index is 13.3. The average Bonchev–Trinajstić information content (AvgIpc) is 2.34. The molecule has 0 heterocycles. The maximum atomic E-state index is 13.3. The molecule has 0 aliphatic heterocycles.